The van der Waals surface area contributed by atoms with Crippen molar-refractivity contribution in [1.82, 2.24) is 30.4 Å². The average molecular weight is 403 g/mol. The van der Waals surface area contributed by atoms with E-state index in [2.05, 4.69) is 31.8 Å². The van der Waals surface area contributed by atoms with Gasteiger partial charge in [-0.3, -0.25) is 15.0 Å². The van der Waals surface area contributed by atoms with Crippen molar-refractivity contribution in [3.05, 3.63) is 70.7 Å². The molecule has 0 saturated carbocycles. The largest absolute Gasteiger partial charge is 1.00 e. The molecule has 0 unspecified atom stereocenters. The van der Waals surface area contributed by atoms with Gasteiger partial charge in [-0.1, -0.05) is 30.3 Å². The van der Waals surface area contributed by atoms with Gasteiger partial charge in [0.2, 0.25) is 0 Å². The number of rotatable bonds is 4. The van der Waals surface area contributed by atoms with Crippen LogP contribution in [0, 0.1) is 18.3 Å². The van der Waals surface area contributed by atoms with Gasteiger partial charge in [0.25, 0.3) is 0 Å². The van der Waals surface area contributed by atoms with E-state index >= 15 is 0 Å². The topological polar surface area (TPSA) is 94.4 Å². The summed E-state index contributed by atoms with van der Waals surface area (Å²) in [6.07, 6.45) is 0. The molecule has 0 aliphatic rings. The summed E-state index contributed by atoms with van der Waals surface area (Å²) in [6.45, 7) is 2.10. The first-order chi connectivity index (χ1) is 13.0. The van der Waals surface area contributed by atoms with Crippen molar-refractivity contribution in [3.63, 3.8) is 0 Å². The van der Waals surface area contributed by atoms with Gasteiger partial charge in [0.15, 0.2) is 0 Å². The Morgan fingerprint density at radius 3 is 2.71 bits per heavy atom. The zero-order chi connectivity index (χ0) is 19.0. The number of tetrazole rings is 1. The van der Waals surface area contributed by atoms with Gasteiger partial charge in [0.1, 0.15) is 0 Å². The van der Waals surface area contributed by atoms with Gasteiger partial charge < -0.3 is 5.10 Å². The molecule has 0 bridgehead atoms. The predicted molar refractivity (Wildman–Crippen MR) is 90.9 cm³/mol. The van der Waals surface area contributed by atoms with Crippen LogP contribution in [0.3, 0.4) is 0 Å². The summed E-state index contributed by atoms with van der Waals surface area (Å²) in [5.74, 6) is -4.18. The first kappa shape index (κ1) is 20.7. The first-order valence-electron chi connectivity index (χ1n) is 8.03. The second-order valence-corrected chi connectivity index (χ2v) is 6.02. The summed E-state index contributed by atoms with van der Waals surface area (Å²) in [4.78, 5) is 0. The molecule has 28 heavy (non-hydrogen) atoms. The van der Waals surface area contributed by atoms with Crippen LogP contribution in [-0.2, 0) is 12.5 Å². The van der Waals surface area contributed by atoms with Crippen molar-refractivity contribution in [2.75, 3.05) is 0 Å². The van der Waals surface area contributed by atoms with E-state index in [1.807, 2.05) is 12.1 Å². The Morgan fingerprint density at radius 2 is 2.00 bits per heavy atom. The van der Waals surface area contributed by atoms with E-state index in [0.717, 1.165) is 10.9 Å². The number of hydrogen-bond donors (Lipinski definition) is 0. The van der Waals surface area contributed by atoms with Gasteiger partial charge in [-0.25, -0.2) is 0 Å². The molecule has 0 atom stereocenters. The smallest absolute Gasteiger partial charge is 0.329 e. The van der Waals surface area contributed by atoms with Crippen LogP contribution in [-0.4, -0.2) is 25.3 Å². The minimum Gasteiger partial charge on any atom is -0.329 e. The van der Waals surface area contributed by atoms with E-state index in [1.54, 1.807) is 29.8 Å². The van der Waals surface area contributed by atoms with Crippen molar-refractivity contribution >= 4 is 10.9 Å². The van der Waals surface area contributed by atoms with E-state index in [0.29, 0.717) is 23.3 Å². The molecule has 0 fully saturated rings. The van der Waals surface area contributed by atoms with E-state index in [-0.39, 0.29) is 56.9 Å². The summed E-state index contributed by atoms with van der Waals surface area (Å²) in [7, 11) is 0. The number of hydrogen-bond acceptors (Lipinski definition) is 5. The third kappa shape index (κ3) is 3.64. The second kappa shape index (κ2) is 8.14. The molecule has 2 aromatic heterocycles. The SMILES string of the molecule is Cc1nn(Cc2ccccc2C#N)c2cc(C(F)(F)c3nnn[n-]3)ccc12.[K+]. The van der Waals surface area contributed by atoms with Crippen molar-refractivity contribution in [2.45, 2.75) is 19.4 Å². The van der Waals surface area contributed by atoms with E-state index in [9.17, 15) is 14.0 Å². The summed E-state index contributed by atoms with van der Waals surface area (Å²) < 4.78 is 30.9. The van der Waals surface area contributed by atoms with E-state index in [4.69, 9.17) is 0 Å². The summed E-state index contributed by atoms with van der Waals surface area (Å²) in [5.41, 5.74) is 2.24. The molecule has 7 nitrogen and oxygen atoms in total. The molecule has 0 aliphatic carbocycles. The fraction of sp³-hybridized carbons (Fsp3) is 0.167. The maximum atomic E-state index is 14.7. The summed E-state index contributed by atoms with van der Waals surface area (Å²) in [5, 5.41) is 27.3. The van der Waals surface area contributed by atoms with Gasteiger partial charge in [0, 0.05) is 10.9 Å². The fourth-order valence-corrected chi connectivity index (χ4v) is 2.98. The first-order valence-corrected chi connectivity index (χ1v) is 8.03. The third-order valence-corrected chi connectivity index (χ3v) is 4.36. The molecular formula is C18H12F2KN7. The molecule has 10 heteroatoms. The molecule has 0 radical (unpaired) electrons. The zero-order valence-electron chi connectivity index (χ0n) is 15.1. The predicted octanol–water partition coefficient (Wildman–Crippen LogP) is -0.449. The molecule has 0 amide bonds. The third-order valence-electron chi connectivity index (χ3n) is 4.36. The van der Waals surface area contributed by atoms with Crippen LogP contribution in [0.1, 0.15) is 28.2 Å². The van der Waals surface area contributed by atoms with Crippen molar-refractivity contribution in [3.8, 4) is 6.07 Å². The van der Waals surface area contributed by atoms with E-state index in [1.165, 1.54) is 12.1 Å². The fourth-order valence-electron chi connectivity index (χ4n) is 2.98. The van der Waals surface area contributed by atoms with Crippen molar-refractivity contribution < 1.29 is 60.2 Å². The van der Waals surface area contributed by atoms with E-state index < -0.39 is 11.7 Å². The van der Waals surface area contributed by atoms with Crippen LogP contribution in [0.25, 0.3) is 10.9 Å². The molecule has 134 valence electrons. The minimum absolute atomic E-state index is 0. The van der Waals surface area contributed by atoms with Gasteiger partial charge in [-0.15, -0.1) is 0 Å². The van der Waals surface area contributed by atoms with Crippen molar-refractivity contribution in [2.24, 2.45) is 0 Å². The summed E-state index contributed by atoms with van der Waals surface area (Å²) >= 11 is 0. The number of aryl methyl sites for hydroxylation is 1. The van der Waals surface area contributed by atoms with Crippen molar-refractivity contribution in [1.29, 1.82) is 5.26 Å². The second-order valence-electron chi connectivity index (χ2n) is 6.02. The molecule has 4 rings (SSSR count). The standard InChI is InChI=1S/C18H12F2N7.K/c1-11-15-7-6-14(18(19,20)17-22-25-26-23-17)8-16(15)27(24-11)10-13-5-3-2-4-12(13)9-21;/h2-8H,10H2,1H3;/q-1;+1. The maximum absolute atomic E-state index is 14.7. The zero-order valence-corrected chi connectivity index (χ0v) is 18.3. The van der Waals surface area contributed by atoms with Gasteiger partial charge >= 0.3 is 57.3 Å². The molecule has 0 saturated heterocycles. The number of nitrogens with zero attached hydrogens (tertiary/aromatic N) is 7. The van der Waals surface area contributed by atoms with Gasteiger partial charge in [-0.05, 0) is 24.6 Å². The van der Waals surface area contributed by atoms with Gasteiger partial charge in [-0.2, -0.15) is 24.4 Å². The quantitative estimate of drug-likeness (QED) is 0.429. The molecular weight excluding hydrogens is 391 g/mol. The number of benzene rings is 2. The minimum atomic E-state index is -3.43. The Morgan fingerprint density at radius 1 is 1.21 bits per heavy atom. The molecule has 0 N–H and O–H groups in total. The van der Waals surface area contributed by atoms with Crippen LogP contribution in [0.15, 0.2) is 42.5 Å². The van der Waals surface area contributed by atoms with Gasteiger partial charge in [0.05, 0.1) is 35.2 Å². The number of aromatic nitrogens is 6. The molecule has 2 heterocycles. The number of fused-ring (bicyclic) bond motifs is 1. The monoisotopic (exact) mass is 403 g/mol. The molecule has 4 aromatic rings. The van der Waals surface area contributed by atoms with Crippen LogP contribution < -0.4 is 56.5 Å². The van der Waals surface area contributed by atoms with Crippen LogP contribution in [0.5, 0.6) is 0 Å². The number of halogens is 2. The number of alkyl halides is 2. The Bertz CT molecular complexity index is 1160. The Labute approximate surface area is 201 Å². The maximum Gasteiger partial charge on any atom is 1.00 e. The normalized spacial score (nSPS) is 11.2. The Hall–Kier alpha value is -2.03. The van der Waals surface area contributed by atoms with Crippen LogP contribution in [0.2, 0.25) is 0 Å². The summed E-state index contributed by atoms with van der Waals surface area (Å²) in [6, 6.07) is 13.5. The number of nitriles is 1. The van der Waals surface area contributed by atoms with Crippen LogP contribution >= 0.6 is 0 Å². The molecule has 0 spiro atoms. The van der Waals surface area contributed by atoms with Crippen LogP contribution in [0.4, 0.5) is 8.78 Å². The Kier molecular flexibility index (Phi) is 6.02. The average Bonchev–Trinajstić information content (AvgIpc) is 3.32. The molecule has 2 aromatic carbocycles. The Balaban J connectivity index is 0.00000225. The molecule has 0 aliphatic heterocycles.